The van der Waals surface area contributed by atoms with Gasteiger partial charge in [0.15, 0.2) is 6.29 Å². The van der Waals surface area contributed by atoms with Crippen molar-refractivity contribution in [3.05, 3.63) is 109 Å². The zero-order chi connectivity index (χ0) is 43.7. The van der Waals surface area contributed by atoms with Crippen molar-refractivity contribution in [1.29, 1.82) is 0 Å². The van der Waals surface area contributed by atoms with E-state index < -0.39 is 49.5 Å². The summed E-state index contributed by atoms with van der Waals surface area (Å²) < 4.78 is 11.1. The molecular weight excluding hydrogens is 755 g/mol. The zero-order valence-corrected chi connectivity index (χ0v) is 37.2. The summed E-state index contributed by atoms with van der Waals surface area (Å²) in [5, 5.41) is 53.5. The number of carbonyl (C=O) groups excluding carboxylic acids is 1. The molecule has 7 atom stereocenters. The first-order chi connectivity index (χ1) is 29.3. The van der Waals surface area contributed by atoms with E-state index >= 15 is 0 Å². The molecule has 0 bridgehead atoms. The van der Waals surface area contributed by atoms with Gasteiger partial charge in [0.2, 0.25) is 5.91 Å². The molecule has 1 fully saturated rings. The third-order valence-electron chi connectivity index (χ3n) is 10.1. The van der Waals surface area contributed by atoms with Gasteiger partial charge in [-0.05, 0) is 77.0 Å². The molecule has 1 saturated heterocycles. The molecule has 0 aliphatic carbocycles. The summed E-state index contributed by atoms with van der Waals surface area (Å²) in [6, 6.07) is -0.812. The van der Waals surface area contributed by atoms with E-state index in [9.17, 15) is 30.3 Å². The van der Waals surface area contributed by atoms with Crippen LogP contribution in [-0.4, -0.2) is 87.5 Å². The van der Waals surface area contributed by atoms with Crippen LogP contribution in [0.1, 0.15) is 149 Å². The summed E-state index contributed by atoms with van der Waals surface area (Å²) >= 11 is 0. The molecule has 1 amide bonds. The number of nitrogens with one attached hydrogen (secondary N) is 1. The number of amides is 1. The van der Waals surface area contributed by atoms with E-state index in [4.69, 9.17) is 9.47 Å². The highest BCUT2D eigenvalue weighted by atomic mass is 16.7. The average molecular weight is 838 g/mol. The Morgan fingerprint density at radius 2 is 1.03 bits per heavy atom. The van der Waals surface area contributed by atoms with Crippen LogP contribution in [0.5, 0.6) is 0 Å². The molecule has 7 unspecified atom stereocenters. The summed E-state index contributed by atoms with van der Waals surface area (Å²) in [6.45, 7) is 3.46. The number of hydrogen-bond donors (Lipinski definition) is 6. The van der Waals surface area contributed by atoms with E-state index in [1.54, 1.807) is 6.08 Å². The number of allylic oxidation sites excluding steroid dienone is 17. The van der Waals surface area contributed by atoms with Gasteiger partial charge in [-0.2, -0.15) is 0 Å². The monoisotopic (exact) mass is 838 g/mol. The molecule has 0 radical (unpaired) electrons. The second-order valence-electron chi connectivity index (χ2n) is 15.5. The van der Waals surface area contributed by atoms with Crippen LogP contribution in [0.3, 0.4) is 0 Å². The first-order valence-corrected chi connectivity index (χ1v) is 23.1. The first kappa shape index (κ1) is 54.9. The fourth-order valence-corrected chi connectivity index (χ4v) is 6.39. The zero-order valence-electron chi connectivity index (χ0n) is 37.2. The van der Waals surface area contributed by atoms with Gasteiger partial charge in [-0.1, -0.05) is 175 Å². The predicted octanol–water partition coefficient (Wildman–Crippen LogP) is 9.89. The van der Waals surface area contributed by atoms with E-state index in [1.807, 2.05) is 6.08 Å². The number of aliphatic hydroxyl groups excluding tert-OH is 5. The van der Waals surface area contributed by atoms with Gasteiger partial charge in [-0.3, -0.25) is 4.79 Å². The lowest BCUT2D eigenvalue weighted by molar-refractivity contribution is -0.302. The van der Waals surface area contributed by atoms with Crippen molar-refractivity contribution in [1.82, 2.24) is 5.32 Å². The molecule has 340 valence electrons. The largest absolute Gasteiger partial charge is 0.394 e. The van der Waals surface area contributed by atoms with E-state index in [0.29, 0.717) is 6.42 Å². The molecule has 60 heavy (non-hydrogen) atoms. The maximum Gasteiger partial charge on any atom is 0.220 e. The van der Waals surface area contributed by atoms with E-state index in [1.165, 1.54) is 25.7 Å². The molecule has 0 saturated carbocycles. The van der Waals surface area contributed by atoms with Gasteiger partial charge in [-0.25, -0.2) is 0 Å². The number of carbonyl (C=O) groups is 1. The maximum atomic E-state index is 12.8. The van der Waals surface area contributed by atoms with Crippen LogP contribution in [0, 0.1) is 0 Å². The number of unbranched alkanes of at least 4 members (excludes halogenated alkanes) is 10. The van der Waals surface area contributed by atoms with Crippen LogP contribution in [0.15, 0.2) is 109 Å². The van der Waals surface area contributed by atoms with Gasteiger partial charge in [0, 0.05) is 6.42 Å². The number of aliphatic hydroxyl groups is 5. The van der Waals surface area contributed by atoms with Gasteiger partial charge in [0.1, 0.15) is 24.4 Å². The molecule has 1 rings (SSSR count). The Kier molecular flexibility index (Phi) is 36.5. The smallest absolute Gasteiger partial charge is 0.220 e. The lowest BCUT2D eigenvalue weighted by Crippen LogP contribution is -2.60. The van der Waals surface area contributed by atoms with Crippen LogP contribution in [0.25, 0.3) is 0 Å². The predicted molar refractivity (Wildman–Crippen MR) is 248 cm³/mol. The van der Waals surface area contributed by atoms with E-state index in [2.05, 4.69) is 116 Å². The quantitative estimate of drug-likeness (QED) is 0.0270. The molecular formula is C51H83NO8. The van der Waals surface area contributed by atoms with Crippen molar-refractivity contribution in [2.45, 2.75) is 192 Å². The summed E-state index contributed by atoms with van der Waals surface area (Å²) in [6.07, 6.45) is 52.1. The lowest BCUT2D eigenvalue weighted by Gasteiger charge is -2.40. The number of ether oxygens (including phenoxy) is 2. The lowest BCUT2D eigenvalue weighted by atomic mass is 9.99. The van der Waals surface area contributed by atoms with Crippen molar-refractivity contribution in [3.63, 3.8) is 0 Å². The Bertz CT molecular complexity index is 1300. The molecule has 1 heterocycles. The number of rotatable bonds is 36. The Labute approximate surface area is 364 Å². The van der Waals surface area contributed by atoms with Crippen LogP contribution in [0.2, 0.25) is 0 Å². The van der Waals surface area contributed by atoms with Crippen LogP contribution >= 0.6 is 0 Å². The minimum absolute atomic E-state index is 0.202. The average Bonchev–Trinajstić information content (AvgIpc) is 3.25. The molecule has 1 aliphatic heterocycles. The Balaban J connectivity index is 2.11. The second kappa shape index (κ2) is 40.0. The Morgan fingerprint density at radius 3 is 1.52 bits per heavy atom. The normalized spacial score (nSPS) is 21.6. The maximum absolute atomic E-state index is 12.8. The third-order valence-corrected chi connectivity index (χ3v) is 10.1. The molecule has 0 aromatic carbocycles. The minimum Gasteiger partial charge on any atom is -0.394 e. The highest BCUT2D eigenvalue weighted by Gasteiger charge is 2.44. The molecule has 9 nitrogen and oxygen atoms in total. The third kappa shape index (κ3) is 30.0. The fourth-order valence-electron chi connectivity index (χ4n) is 6.39. The topological polar surface area (TPSA) is 149 Å². The van der Waals surface area contributed by atoms with Crippen molar-refractivity contribution in [2.75, 3.05) is 13.2 Å². The molecule has 0 aromatic rings. The van der Waals surface area contributed by atoms with Gasteiger partial charge in [0.25, 0.3) is 0 Å². The van der Waals surface area contributed by atoms with Crippen LogP contribution in [0.4, 0.5) is 0 Å². The Hall–Kier alpha value is -3.15. The highest BCUT2D eigenvalue weighted by Crippen LogP contribution is 2.22. The first-order valence-electron chi connectivity index (χ1n) is 23.1. The van der Waals surface area contributed by atoms with Crippen molar-refractivity contribution in [3.8, 4) is 0 Å². The summed E-state index contributed by atoms with van der Waals surface area (Å²) in [7, 11) is 0. The van der Waals surface area contributed by atoms with E-state index in [0.717, 1.165) is 103 Å². The van der Waals surface area contributed by atoms with Crippen LogP contribution in [-0.2, 0) is 14.3 Å². The number of hydrogen-bond acceptors (Lipinski definition) is 8. The van der Waals surface area contributed by atoms with Gasteiger partial charge < -0.3 is 40.3 Å². The van der Waals surface area contributed by atoms with Crippen LogP contribution < -0.4 is 5.32 Å². The molecule has 6 N–H and O–H groups in total. The standard InChI is InChI=1S/C51H83NO8/c1-3-5-7-9-10-11-12-13-14-15-16-17-18-19-20-21-22-23-24-25-26-27-28-29-30-31-32-33-34-35-36-37-39-41-47(55)52-44(45(54)40-38-8-6-4-2)43-59-51-50(58)49(57)48(56)46(42-53)60-51/h5,7,10-11,13-14,16-17,19-20,22-23,25-26,28-29,38,40,44-46,48-51,53-54,56-58H,3-4,6,8-9,12,15,18,21,24,27,30-37,39,41-43H2,1-2H3,(H,52,55)/b7-5-,11-10-,14-13-,17-16-,20-19-,23-22-,26-25-,29-28-,40-38+. The summed E-state index contributed by atoms with van der Waals surface area (Å²) in [5.41, 5.74) is 0. The summed E-state index contributed by atoms with van der Waals surface area (Å²) in [5.74, 6) is -0.202. The van der Waals surface area contributed by atoms with Crippen molar-refractivity contribution < 1.29 is 39.8 Å². The Morgan fingerprint density at radius 1 is 0.583 bits per heavy atom. The minimum atomic E-state index is -1.57. The van der Waals surface area contributed by atoms with Gasteiger partial charge >= 0.3 is 0 Å². The van der Waals surface area contributed by atoms with Crippen molar-refractivity contribution in [2.24, 2.45) is 0 Å². The second-order valence-corrected chi connectivity index (χ2v) is 15.5. The SMILES string of the molecule is CC/C=C\C/C=C\C/C=C\C/C=C\C/C=C\C/C=C\C/C=C\C/C=C\CCCCCCCCCCC(=O)NC(COC1OC(CO)C(O)C(O)C1O)C(O)/C=C/CCCC. The summed E-state index contributed by atoms with van der Waals surface area (Å²) in [4.78, 5) is 12.8. The molecule has 1 aliphatic rings. The van der Waals surface area contributed by atoms with Crippen molar-refractivity contribution >= 4 is 5.91 Å². The van der Waals surface area contributed by atoms with Gasteiger partial charge in [0.05, 0.1) is 25.4 Å². The molecule has 0 aromatic heterocycles. The van der Waals surface area contributed by atoms with Gasteiger partial charge in [-0.15, -0.1) is 0 Å². The molecule has 9 heteroatoms. The fraction of sp³-hybridized carbons (Fsp3) is 0.627. The molecule has 0 spiro atoms. The highest BCUT2D eigenvalue weighted by molar-refractivity contribution is 5.76. The van der Waals surface area contributed by atoms with E-state index in [-0.39, 0.29) is 12.5 Å².